The lowest BCUT2D eigenvalue weighted by Gasteiger charge is -2.27. The number of nitrogen functional groups attached to an aromatic ring is 1. The maximum atomic E-state index is 12.0. The molecular formula is C18H21N5O2. The average Bonchev–Trinajstić information content (AvgIpc) is 3.36. The molecule has 7 nitrogen and oxygen atoms in total. The summed E-state index contributed by atoms with van der Waals surface area (Å²) in [6.07, 6.45) is 6.88. The summed E-state index contributed by atoms with van der Waals surface area (Å²) in [6.45, 7) is 3.85. The fraction of sp³-hybridized carbons (Fsp3) is 0.389. The van der Waals surface area contributed by atoms with Crippen molar-refractivity contribution in [2.45, 2.75) is 38.7 Å². The van der Waals surface area contributed by atoms with Crippen LogP contribution in [-0.2, 0) is 0 Å². The minimum absolute atomic E-state index is 0.196. The Bertz CT molecular complexity index is 952. The third-order valence-corrected chi connectivity index (χ3v) is 5.09. The molecule has 1 saturated carbocycles. The number of amides is 1. The van der Waals surface area contributed by atoms with E-state index in [0.717, 1.165) is 29.8 Å². The van der Waals surface area contributed by atoms with Crippen molar-refractivity contribution in [3.8, 4) is 0 Å². The van der Waals surface area contributed by atoms with Crippen LogP contribution < -0.4 is 11.5 Å². The summed E-state index contributed by atoms with van der Waals surface area (Å²) in [5, 5.41) is 10.2. The smallest absolute Gasteiger partial charge is 0.254 e. The summed E-state index contributed by atoms with van der Waals surface area (Å²) < 4.78 is 1.71. The molecule has 0 radical (unpaired) electrons. The number of nitrogens with two attached hydrogens (primary N) is 2. The number of aliphatic hydroxyl groups is 1. The summed E-state index contributed by atoms with van der Waals surface area (Å²) >= 11 is 0. The van der Waals surface area contributed by atoms with Crippen LogP contribution in [0.4, 0.5) is 5.82 Å². The maximum Gasteiger partial charge on any atom is 0.254 e. The number of anilines is 1. The monoisotopic (exact) mass is 339 g/mol. The van der Waals surface area contributed by atoms with Crippen LogP contribution in [0, 0.1) is 5.92 Å². The van der Waals surface area contributed by atoms with Crippen molar-refractivity contribution in [1.82, 2.24) is 14.5 Å². The van der Waals surface area contributed by atoms with Gasteiger partial charge in [0, 0.05) is 17.5 Å². The summed E-state index contributed by atoms with van der Waals surface area (Å²) in [6, 6.07) is 0. The predicted octanol–water partition coefficient (Wildman–Crippen LogP) is 1.79. The lowest BCUT2D eigenvalue weighted by molar-refractivity contribution is 0.100. The molecule has 1 amide bonds. The molecule has 0 spiro atoms. The lowest BCUT2D eigenvalue weighted by atomic mass is 9.91. The van der Waals surface area contributed by atoms with E-state index < -0.39 is 12.0 Å². The Balaban J connectivity index is 2.03. The molecule has 7 heteroatoms. The van der Waals surface area contributed by atoms with Crippen molar-refractivity contribution in [1.29, 1.82) is 0 Å². The van der Waals surface area contributed by atoms with Crippen molar-refractivity contribution in [3.63, 3.8) is 0 Å². The van der Waals surface area contributed by atoms with Crippen LogP contribution in [0.25, 0.3) is 16.9 Å². The Morgan fingerprint density at radius 1 is 1.40 bits per heavy atom. The zero-order chi connectivity index (χ0) is 17.9. The van der Waals surface area contributed by atoms with E-state index in [1.807, 2.05) is 19.9 Å². The highest BCUT2D eigenvalue weighted by atomic mass is 16.3. The molecule has 4 rings (SSSR count). The van der Waals surface area contributed by atoms with Gasteiger partial charge in [-0.2, -0.15) is 0 Å². The number of primary amides is 1. The van der Waals surface area contributed by atoms with E-state index in [-0.39, 0.29) is 17.3 Å². The third kappa shape index (κ3) is 2.34. The molecule has 2 aromatic heterocycles. The number of fused-ring (bicyclic) bond motifs is 1. The Morgan fingerprint density at radius 3 is 2.76 bits per heavy atom. The minimum Gasteiger partial charge on any atom is -0.388 e. The van der Waals surface area contributed by atoms with Crippen LogP contribution in [0.2, 0.25) is 0 Å². The van der Waals surface area contributed by atoms with E-state index in [4.69, 9.17) is 11.5 Å². The van der Waals surface area contributed by atoms with Crippen LogP contribution in [-0.4, -0.2) is 31.7 Å². The standard InChI is InChI=1S/C18H21N5O2/c1-8-3-6-12(24)9(2)15(8)23-16(19)13(17(20)25)14-18(23)21-7-11(22-14)10-4-5-10/h3,6-7,9-10,12,24H,4-5,19H2,1-2H3,(H2,20,25). The molecule has 2 atom stereocenters. The summed E-state index contributed by atoms with van der Waals surface area (Å²) in [4.78, 5) is 21.2. The van der Waals surface area contributed by atoms with Gasteiger partial charge in [0.1, 0.15) is 16.9 Å². The molecule has 5 N–H and O–H groups in total. The van der Waals surface area contributed by atoms with Gasteiger partial charge in [-0.3, -0.25) is 9.36 Å². The summed E-state index contributed by atoms with van der Waals surface area (Å²) in [5.74, 6) is -0.199. The highest BCUT2D eigenvalue weighted by Gasteiger charge is 2.31. The van der Waals surface area contributed by atoms with Crippen LogP contribution in [0.5, 0.6) is 0 Å². The number of carbonyl (C=O) groups is 1. The van der Waals surface area contributed by atoms with Crippen molar-refractivity contribution in [2.75, 3.05) is 5.73 Å². The molecule has 130 valence electrons. The quantitative estimate of drug-likeness (QED) is 0.787. The second-order valence-corrected chi connectivity index (χ2v) is 6.91. The number of hydrogen-bond acceptors (Lipinski definition) is 5. The van der Waals surface area contributed by atoms with Crippen LogP contribution in [0.1, 0.15) is 48.7 Å². The highest BCUT2D eigenvalue weighted by Crippen LogP contribution is 2.41. The van der Waals surface area contributed by atoms with E-state index in [1.54, 1.807) is 16.8 Å². The Kier molecular flexibility index (Phi) is 3.43. The molecule has 2 aromatic rings. The van der Waals surface area contributed by atoms with Crippen molar-refractivity contribution in [3.05, 3.63) is 35.2 Å². The highest BCUT2D eigenvalue weighted by molar-refractivity contribution is 6.10. The SMILES string of the molecule is CC1=C(n2c(N)c(C(N)=O)c3nc(C4CC4)cnc32)C(C)C(O)C=C1. The van der Waals surface area contributed by atoms with Gasteiger partial charge < -0.3 is 16.6 Å². The number of carbonyl (C=O) groups excluding carboxylic acids is 1. The first kappa shape index (κ1) is 15.8. The summed E-state index contributed by atoms with van der Waals surface area (Å²) in [5.41, 5.74) is 15.6. The molecule has 2 aliphatic carbocycles. The minimum atomic E-state index is -0.633. The van der Waals surface area contributed by atoms with E-state index in [2.05, 4.69) is 9.97 Å². The Labute approximate surface area is 145 Å². The predicted molar refractivity (Wildman–Crippen MR) is 95.6 cm³/mol. The van der Waals surface area contributed by atoms with Crippen LogP contribution in [0.3, 0.4) is 0 Å². The molecule has 0 bridgehead atoms. The maximum absolute atomic E-state index is 12.0. The molecule has 2 heterocycles. The Hall–Kier alpha value is -2.67. The van der Waals surface area contributed by atoms with Crippen LogP contribution >= 0.6 is 0 Å². The van der Waals surface area contributed by atoms with E-state index in [1.165, 1.54) is 0 Å². The second-order valence-electron chi connectivity index (χ2n) is 6.91. The van der Waals surface area contributed by atoms with Gasteiger partial charge in [0.2, 0.25) is 0 Å². The van der Waals surface area contributed by atoms with Gasteiger partial charge in [0.25, 0.3) is 5.91 Å². The molecule has 0 aliphatic heterocycles. The fourth-order valence-corrected chi connectivity index (χ4v) is 3.53. The Morgan fingerprint density at radius 2 is 2.12 bits per heavy atom. The molecule has 2 unspecified atom stereocenters. The van der Waals surface area contributed by atoms with Gasteiger partial charge in [0.05, 0.1) is 18.0 Å². The number of aromatic nitrogens is 3. The first-order valence-electron chi connectivity index (χ1n) is 8.44. The van der Waals surface area contributed by atoms with Gasteiger partial charge >= 0.3 is 0 Å². The topological polar surface area (TPSA) is 120 Å². The van der Waals surface area contributed by atoms with Gasteiger partial charge in [-0.25, -0.2) is 9.97 Å². The van der Waals surface area contributed by atoms with Gasteiger partial charge in [-0.15, -0.1) is 0 Å². The van der Waals surface area contributed by atoms with Crippen molar-refractivity contribution in [2.24, 2.45) is 11.7 Å². The van der Waals surface area contributed by atoms with Gasteiger partial charge in [-0.05, 0) is 25.3 Å². The molecule has 0 aromatic carbocycles. The second kappa shape index (κ2) is 5.42. The first-order valence-corrected chi connectivity index (χ1v) is 8.44. The number of aliphatic hydroxyl groups excluding tert-OH is 1. The average molecular weight is 339 g/mol. The normalized spacial score (nSPS) is 23.5. The first-order chi connectivity index (χ1) is 11.9. The molecule has 2 aliphatic rings. The van der Waals surface area contributed by atoms with E-state index in [9.17, 15) is 9.90 Å². The van der Waals surface area contributed by atoms with E-state index >= 15 is 0 Å². The van der Waals surface area contributed by atoms with Crippen molar-refractivity contribution >= 4 is 28.6 Å². The largest absolute Gasteiger partial charge is 0.388 e. The molecule has 25 heavy (non-hydrogen) atoms. The zero-order valence-corrected chi connectivity index (χ0v) is 14.2. The fourth-order valence-electron chi connectivity index (χ4n) is 3.53. The number of hydrogen-bond donors (Lipinski definition) is 3. The zero-order valence-electron chi connectivity index (χ0n) is 14.2. The number of rotatable bonds is 3. The molecule has 0 saturated heterocycles. The number of allylic oxidation sites excluding steroid dienone is 2. The molecule has 1 fully saturated rings. The number of nitrogens with zero attached hydrogens (tertiary/aromatic N) is 3. The van der Waals surface area contributed by atoms with Crippen LogP contribution in [0.15, 0.2) is 23.9 Å². The van der Waals surface area contributed by atoms with E-state index in [0.29, 0.717) is 17.1 Å². The van der Waals surface area contributed by atoms with Gasteiger partial charge in [-0.1, -0.05) is 19.1 Å². The summed E-state index contributed by atoms with van der Waals surface area (Å²) in [7, 11) is 0. The third-order valence-electron chi connectivity index (χ3n) is 5.09. The van der Waals surface area contributed by atoms with Crippen molar-refractivity contribution < 1.29 is 9.90 Å². The lowest BCUT2D eigenvalue weighted by Crippen LogP contribution is -2.24. The van der Waals surface area contributed by atoms with Gasteiger partial charge in [0.15, 0.2) is 5.65 Å². The molecular weight excluding hydrogens is 318 g/mol.